The number of benzene rings is 1. The number of carbonyl (C=O) groups excluding carboxylic acids is 13. The number of aromatic nitrogens is 3. The Hall–Kier alpha value is -13.5. The van der Waals surface area contributed by atoms with Crippen molar-refractivity contribution in [2.45, 2.75) is 204 Å². The zero-order valence-electron chi connectivity index (χ0n) is 69.7. The Morgan fingerprint density at radius 1 is 0.464 bits per heavy atom. The standard InChI is InChI=1S/C83H111N17O25/c1-42(2)30-55(76(118)86-38-62(103)90-56(31-46-24-28-53(102)29-25-46)77(119)88-44(5)74(116)97-72(45(6)101)73(85)115)89-63(104)39-87-83(125)71(43(3)4)96-82(124)61(37-68(113)114)95-81(123)60(36-67(111)112)94-80(122)59(35-66(109)110)93-79(121)58(34-65(107)108)92-78(120)57(33-64(105)106)91-75(117)54(84)32-52-41-100(99-98-52)40-47-22-26-51(27-23-47)70(50-20-14-9-15-21-50)69(48-16-10-7-11-17-48)49-18-12-8-13-19-49/h7,9-12,14-16,18-20,22,24-29,41-45,47-48,50,54-61,69-72,101-102H,8,13,17,21,23,30-40,84H2,1-6H3,(H2,85,115)(H,86,118)(H,87,125)(H,88,119)(H,89,104)(H,90,103)(H,91,117)(H,92,120)(H,93,121)(H,94,122)(H,95,123)(H,96,124)(H,97,116)(H,105,106)(H,107,108)(H,109,110)(H,111,112)(H,113,114). The van der Waals surface area contributed by atoms with Gasteiger partial charge in [0.1, 0.15) is 66.2 Å². The van der Waals surface area contributed by atoms with Crippen LogP contribution in [0.4, 0.5) is 0 Å². The average molecular weight is 1750 g/mol. The summed E-state index contributed by atoms with van der Waals surface area (Å²) in [5, 5.41) is 103. The van der Waals surface area contributed by atoms with Gasteiger partial charge >= 0.3 is 29.8 Å². The molecule has 1 aromatic carbocycles. The minimum atomic E-state index is -2.40. The number of carboxylic acids is 5. The third-order valence-corrected chi connectivity index (χ3v) is 20.5. The molecule has 0 saturated carbocycles. The maximum atomic E-state index is 13.9. The molecule has 0 radical (unpaired) electrons. The number of nitrogens with zero attached hydrogens (tertiary/aromatic N) is 3. The molecular formula is C83H111N17O25. The van der Waals surface area contributed by atoms with Crippen LogP contribution in [-0.4, -0.2) is 243 Å². The summed E-state index contributed by atoms with van der Waals surface area (Å²) in [6, 6.07) is -14.9. The topological polar surface area (TPSA) is 676 Å². The third kappa shape index (κ3) is 33.3. The Morgan fingerprint density at radius 2 is 0.912 bits per heavy atom. The first-order valence-corrected chi connectivity index (χ1v) is 40.5. The van der Waals surface area contributed by atoms with Crippen molar-refractivity contribution in [1.29, 1.82) is 0 Å². The van der Waals surface area contributed by atoms with Gasteiger partial charge in [0.15, 0.2) is 0 Å². The maximum Gasteiger partial charge on any atom is 0.305 e. The van der Waals surface area contributed by atoms with E-state index in [0.29, 0.717) is 24.4 Å². The zero-order valence-corrected chi connectivity index (χ0v) is 69.7. The Kier molecular flexibility index (Phi) is 39.3. The Balaban J connectivity index is 1.04. The number of phenolic OH excluding ortho intramolecular Hbond substituents is 1. The molecule has 4 aliphatic rings. The lowest BCUT2D eigenvalue weighted by molar-refractivity contribution is -0.145. The molecule has 1 heterocycles. The highest BCUT2D eigenvalue weighted by Crippen LogP contribution is 2.46. The minimum absolute atomic E-state index is 0.00858. The van der Waals surface area contributed by atoms with Crippen LogP contribution in [0.3, 0.4) is 0 Å². The van der Waals surface area contributed by atoms with Gasteiger partial charge in [-0.1, -0.05) is 130 Å². The molecule has 125 heavy (non-hydrogen) atoms. The van der Waals surface area contributed by atoms with Gasteiger partial charge in [-0.15, -0.1) is 5.10 Å². The van der Waals surface area contributed by atoms with E-state index in [4.69, 9.17) is 11.5 Å². The van der Waals surface area contributed by atoms with Gasteiger partial charge in [0.25, 0.3) is 0 Å². The molecule has 13 amide bonds. The van der Waals surface area contributed by atoms with Crippen LogP contribution in [0, 0.1) is 41.4 Å². The smallest absolute Gasteiger partial charge is 0.305 e. The third-order valence-electron chi connectivity index (χ3n) is 20.5. The maximum absolute atomic E-state index is 13.9. The highest BCUT2D eigenvalue weighted by molar-refractivity contribution is 6.02. The van der Waals surface area contributed by atoms with Crippen LogP contribution in [0.5, 0.6) is 5.75 Å². The van der Waals surface area contributed by atoms with E-state index in [1.165, 1.54) is 63.1 Å². The van der Waals surface area contributed by atoms with E-state index < -0.39 is 230 Å². The lowest BCUT2D eigenvalue weighted by atomic mass is 9.64. The second-order valence-electron chi connectivity index (χ2n) is 31.5. The highest BCUT2D eigenvalue weighted by Gasteiger charge is 2.41. The molecule has 42 nitrogen and oxygen atoms in total. The van der Waals surface area contributed by atoms with E-state index in [1.807, 2.05) is 21.3 Å². The number of hydrogen-bond acceptors (Lipinski definition) is 23. The Morgan fingerprint density at radius 3 is 1.33 bits per heavy atom. The van der Waals surface area contributed by atoms with Gasteiger partial charge in [-0.3, -0.25) is 91.0 Å². The molecule has 2 aromatic rings. The number of aliphatic carboxylic acids is 5. The van der Waals surface area contributed by atoms with Gasteiger partial charge in [0.05, 0.1) is 63.0 Å². The number of amides is 13. The zero-order chi connectivity index (χ0) is 92.5. The molecule has 42 heteroatoms. The molecule has 17 atom stereocenters. The number of nitrogens with two attached hydrogens (primary N) is 2. The van der Waals surface area contributed by atoms with Gasteiger partial charge < -0.3 is 111 Å². The molecule has 4 aliphatic carbocycles. The van der Waals surface area contributed by atoms with Crippen LogP contribution in [0.1, 0.15) is 123 Å². The molecule has 678 valence electrons. The van der Waals surface area contributed by atoms with E-state index in [-0.39, 0.29) is 60.3 Å². The molecule has 0 spiro atoms. The summed E-state index contributed by atoms with van der Waals surface area (Å²) in [5.74, 6) is -25.4. The van der Waals surface area contributed by atoms with Crippen molar-refractivity contribution in [3.05, 3.63) is 138 Å². The van der Waals surface area contributed by atoms with Crippen LogP contribution in [-0.2, 0) is 106 Å². The number of aliphatic hydroxyl groups is 1. The lowest BCUT2D eigenvalue weighted by Gasteiger charge is -2.40. The summed E-state index contributed by atoms with van der Waals surface area (Å²) in [4.78, 5) is 237. The molecule has 0 saturated heterocycles. The normalized spacial score (nSPS) is 18.4. The van der Waals surface area contributed by atoms with Gasteiger partial charge in [-0.25, -0.2) is 0 Å². The highest BCUT2D eigenvalue weighted by atomic mass is 16.4. The number of carbonyl (C=O) groups is 18. The number of hydrogen-bond donors (Lipinski definition) is 21. The molecule has 0 aliphatic heterocycles. The number of allylic oxidation sites excluding steroid dienone is 16. The lowest BCUT2D eigenvalue weighted by Crippen LogP contribution is -2.61. The summed E-state index contributed by atoms with van der Waals surface area (Å²) >= 11 is 0. The van der Waals surface area contributed by atoms with Crippen molar-refractivity contribution in [2.24, 2.45) is 52.9 Å². The quantitative estimate of drug-likeness (QED) is 0.0323. The van der Waals surface area contributed by atoms with E-state index in [1.54, 1.807) is 24.7 Å². The first-order valence-electron chi connectivity index (χ1n) is 40.5. The molecule has 6 rings (SSSR count). The Bertz CT molecular complexity index is 4540. The number of phenols is 1. The predicted molar refractivity (Wildman–Crippen MR) is 442 cm³/mol. The number of rotatable bonds is 50. The fourth-order valence-electron chi connectivity index (χ4n) is 14.2. The summed E-state index contributed by atoms with van der Waals surface area (Å²) in [6.45, 7) is 7.21. The van der Waals surface area contributed by atoms with Crippen molar-refractivity contribution >= 4 is 107 Å². The summed E-state index contributed by atoms with van der Waals surface area (Å²) < 4.78 is 1.58. The number of nitrogens with one attached hydrogen (secondary N) is 12. The molecule has 0 fully saturated rings. The van der Waals surface area contributed by atoms with Crippen molar-refractivity contribution in [2.75, 3.05) is 13.1 Å². The first kappa shape index (κ1) is 100. The monoisotopic (exact) mass is 1750 g/mol. The van der Waals surface area contributed by atoms with Crippen LogP contribution >= 0.6 is 0 Å². The number of carboxylic acid groups (broad SMARTS) is 5. The van der Waals surface area contributed by atoms with Gasteiger partial charge in [0, 0.05) is 31.5 Å². The SMILES string of the molecule is CC(C)CC(NC(=O)CNC(=O)C(NC(=O)C(CC(=O)O)NC(=O)C(CC(=O)O)NC(=O)C(CC(=O)O)NC(=O)C(CC(=O)O)NC(=O)C(CC(=O)O)NC(=O)C(N)Cc1cn(CC2C=CC(C(C3C=CC=CC3)C(C3=CCCC=C3)C3C=CC=CC3)=CC2)nn1)C(C)C)C(=O)NCC(=O)NC(Cc1ccc(O)cc1)C(=O)NC(C)C(=O)NC(C(N)=O)C(C)O. The average Bonchev–Trinajstić information content (AvgIpc) is 0.903. The first-order chi connectivity index (χ1) is 59.0. The van der Waals surface area contributed by atoms with Crippen molar-refractivity contribution in [1.82, 2.24) is 78.8 Å². The van der Waals surface area contributed by atoms with Gasteiger partial charge in [-0.2, -0.15) is 0 Å². The van der Waals surface area contributed by atoms with E-state index in [9.17, 15) is 122 Å². The largest absolute Gasteiger partial charge is 0.508 e. The van der Waals surface area contributed by atoms with Crippen LogP contribution in [0.25, 0.3) is 0 Å². The summed E-state index contributed by atoms with van der Waals surface area (Å²) in [5.41, 5.74) is 14.7. The fourth-order valence-corrected chi connectivity index (χ4v) is 14.2. The summed E-state index contributed by atoms with van der Waals surface area (Å²) in [6.07, 6.45) is 28.2. The van der Waals surface area contributed by atoms with Crippen molar-refractivity contribution in [3.63, 3.8) is 0 Å². The molecule has 0 bridgehead atoms. The van der Waals surface area contributed by atoms with Crippen LogP contribution < -0.4 is 75.3 Å². The van der Waals surface area contributed by atoms with E-state index >= 15 is 0 Å². The van der Waals surface area contributed by atoms with Crippen molar-refractivity contribution in [3.8, 4) is 5.75 Å². The molecule has 23 N–H and O–H groups in total. The van der Waals surface area contributed by atoms with Crippen LogP contribution in [0.15, 0.2) is 127 Å². The second kappa shape index (κ2) is 48.9. The molecular weight excluding hydrogens is 1640 g/mol. The minimum Gasteiger partial charge on any atom is -0.508 e. The number of primary amides is 1. The number of aliphatic hydroxyl groups excluding tert-OH is 1. The van der Waals surface area contributed by atoms with Gasteiger partial charge in [0.2, 0.25) is 76.8 Å². The second-order valence-corrected chi connectivity index (χ2v) is 31.5. The van der Waals surface area contributed by atoms with Crippen molar-refractivity contribution < 1.29 is 122 Å². The van der Waals surface area contributed by atoms with Crippen LogP contribution in [0.2, 0.25) is 0 Å². The Labute approximate surface area is 718 Å². The number of aromatic hydroxyl groups is 1. The van der Waals surface area contributed by atoms with E-state index in [0.717, 1.165) is 25.7 Å². The predicted octanol–water partition coefficient (Wildman–Crippen LogP) is -2.59. The molecule has 17 unspecified atom stereocenters. The summed E-state index contributed by atoms with van der Waals surface area (Å²) in [7, 11) is 0. The van der Waals surface area contributed by atoms with E-state index in [2.05, 4.69) is 138 Å². The fraction of sp³-hybridized carbons (Fsp3) is 0.494. The molecule has 1 aromatic heterocycles. The van der Waals surface area contributed by atoms with Gasteiger partial charge in [-0.05, 0) is 117 Å².